The fraction of sp³-hybridized carbons (Fsp3) is 0.500. The van der Waals surface area contributed by atoms with Crippen molar-refractivity contribution in [2.75, 3.05) is 0 Å². The second-order valence-electron chi connectivity index (χ2n) is 1.69. The largest absolute Gasteiger partial charge is 0.481 e. The maximum absolute atomic E-state index is 9.89. The van der Waals surface area contributed by atoms with Gasteiger partial charge in [0, 0.05) is 0 Å². The molecule has 0 bridgehead atoms. The first-order valence-corrected chi connectivity index (χ1v) is 2.69. The first kappa shape index (κ1) is 8.17. The molecule has 0 unspecified atom stereocenters. The molecule has 3 nitrogen and oxygen atoms in total. The monoisotopic (exact) mass is 130 g/mol. The Hall–Kier alpha value is -0.830. The van der Waals surface area contributed by atoms with Crippen LogP contribution in [0, 0.1) is 0 Å². The van der Waals surface area contributed by atoms with Crippen molar-refractivity contribution < 1.29 is 15.0 Å². The summed E-state index contributed by atoms with van der Waals surface area (Å²) in [6.07, 6.45) is 2.00. The van der Waals surface area contributed by atoms with E-state index in [4.69, 9.17) is 10.2 Å². The number of rotatable bonds is 3. The molecule has 0 aromatic carbocycles. The molecule has 0 radical (unpaired) electrons. The highest BCUT2D eigenvalue weighted by atomic mass is 16.4. The lowest BCUT2D eigenvalue weighted by Gasteiger charge is -1.97. The molecule has 52 valence electrons. The van der Waals surface area contributed by atoms with Crippen LogP contribution in [0.15, 0.2) is 12.2 Å². The van der Waals surface area contributed by atoms with E-state index in [9.17, 15) is 4.79 Å². The topological polar surface area (TPSA) is 57.5 Å². The number of aliphatic carboxylic acids is 1. The molecule has 0 spiro atoms. The number of hydrogen-bond acceptors (Lipinski definition) is 2. The van der Waals surface area contributed by atoms with E-state index >= 15 is 0 Å². The van der Waals surface area contributed by atoms with Gasteiger partial charge in [0.1, 0.15) is 0 Å². The molecule has 0 aliphatic rings. The Balaban J connectivity index is 3.50. The summed E-state index contributed by atoms with van der Waals surface area (Å²) in [7, 11) is 0. The Morgan fingerprint density at radius 1 is 1.78 bits per heavy atom. The number of aliphatic hydroxyl groups is 1. The highest BCUT2D eigenvalue weighted by Gasteiger charge is 2.03. The molecule has 3 heteroatoms. The first-order valence-electron chi connectivity index (χ1n) is 2.69. The van der Waals surface area contributed by atoms with E-state index < -0.39 is 12.1 Å². The highest BCUT2D eigenvalue weighted by molar-refractivity contribution is 5.67. The molecule has 0 rings (SSSR count). The molecule has 0 aromatic heterocycles. The zero-order valence-corrected chi connectivity index (χ0v) is 5.24. The van der Waals surface area contributed by atoms with Gasteiger partial charge in [-0.05, 0) is 6.92 Å². The number of carboxylic acids is 1. The van der Waals surface area contributed by atoms with Crippen LogP contribution in [0.4, 0.5) is 0 Å². The van der Waals surface area contributed by atoms with Gasteiger partial charge in [0.2, 0.25) is 0 Å². The summed E-state index contributed by atoms with van der Waals surface area (Å²) in [5.74, 6) is -0.986. The third-order valence-corrected chi connectivity index (χ3v) is 0.798. The van der Waals surface area contributed by atoms with Crippen molar-refractivity contribution in [3.63, 3.8) is 0 Å². The predicted octanol–water partition coefficient (Wildman–Crippen LogP) is 0.398. The standard InChI is InChI=1S/C6H10O3/c1-2-3-5(7)4-6(8)9/h2-3,5,7H,4H2,1H3,(H,8,9)/b3-2-/t5-/m0/s1. The van der Waals surface area contributed by atoms with Crippen molar-refractivity contribution in [3.8, 4) is 0 Å². The van der Waals surface area contributed by atoms with Crippen LogP contribution < -0.4 is 0 Å². The van der Waals surface area contributed by atoms with Gasteiger partial charge < -0.3 is 10.2 Å². The normalized spacial score (nSPS) is 14.0. The molecular formula is C6H10O3. The Morgan fingerprint density at radius 2 is 2.33 bits per heavy atom. The number of allylic oxidation sites excluding steroid dienone is 1. The summed E-state index contributed by atoms with van der Waals surface area (Å²) in [5, 5.41) is 16.9. The zero-order valence-electron chi connectivity index (χ0n) is 5.24. The van der Waals surface area contributed by atoms with E-state index in [-0.39, 0.29) is 6.42 Å². The fourth-order valence-electron chi connectivity index (χ4n) is 0.469. The molecule has 0 amide bonds. The van der Waals surface area contributed by atoms with Gasteiger partial charge in [-0.2, -0.15) is 0 Å². The van der Waals surface area contributed by atoms with Crippen LogP contribution in [0.5, 0.6) is 0 Å². The summed E-state index contributed by atoms with van der Waals surface area (Å²) in [6, 6.07) is 0. The van der Waals surface area contributed by atoms with E-state index in [2.05, 4.69) is 0 Å². The van der Waals surface area contributed by atoms with Crippen molar-refractivity contribution in [2.45, 2.75) is 19.4 Å². The number of hydrogen-bond donors (Lipinski definition) is 2. The molecule has 1 atom stereocenters. The summed E-state index contributed by atoms with van der Waals surface area (Å²) < 4.78 is 0. The van der Waals surface area contributed by atoms with Crippen LogP contribution >= 0.6 is 0 Å². The van der Waals surface area contributed by atoms with E-state index in [0.717, 1.165) is 0 Å². The average molecular weight is 130 g/mol. The van der Waals surface area contributed by atoms with Crippen LogP contribution in [0.25, 0.3) is 0 Å². The van der Waals surface area contributed by atoms with Crippen LogP contribution in [0.1, 0.15) is 13.3 Å². The average Bonchev–Trinajstić information content (AvgIpc) is 1.63. The lowest BCUT2D eigenvalue weighted by Crippen LogP contribution is -2.09. The van der Waals surface area contributed by atoms with Crippen molar-refractivity contribution >= 4 is 5.97 Å². The van der Waals surface area contributed by atoms with Gasteiger partial charge in [0.15, 0.2) is 0 Å². The van der Waals surface area contributed by atoms with E-state index in [1.54, 1.807) is 13.0 Å². The third kappa shape index (κ3) is 5.03. The molecular weight excluding hydrogens is 120 g/mol. The van der Waals surface area contributed by atoms with Gasteiger partial charge in [-0.3, -0.25) is 4.79 Å². The summed E-state index contributed by atoms with van der Waals surface area (Å²) in [4.78, 5) is 9.89. The van der Waals surface area contributed by atoms with Gasteiger partial charge in [0.05, 0.1) is 12.5 Å². The molecule has 0 aliphatic carbocycles. The molecule has 0 aromatic rings. The first-order chi connectivity index (χ1) is 4.16. The minimum absolute atomic E-state index is 0.218. The Labute approximate surface area is 53.6 Å². The second kappa shape index (κ2) is 4.09. The summed E-state index contributed by atoms with van der Waals surface area (Å²) in [6.45, 7) is 1.73. The van der Waals surface area contributed by atoms with Gasteiger partial charge in [-0.15, -0.1) is 0 Å². The van der Waals surface area contributed by atoms with Gasteiger partial charge in [-0.25, -0.2) is 0 Å². The fourth-order valence-corrected chi connectivity index (χ4v) is 0.469. The molecule has 0 aliphatic heterocycles. The summed E-state index contributed by atoms with van der Waals surface area (Å²) in [5.41, 5.74) is 0. The van der Waals surface area contributed by atoms with E-state index in [1.807, 2.05) is 0 Å². The van der Waals surface area contributed by atoms with E-state index in [0.29, 0.717) is 0 Å². The quantitative estimate of drug-likeness (QED) is 0.543. The minimum atomic E-state index is -0.986. The Kier molecular flexibility index (Phi) is 3.71. The Morgan fingerprint density at radius 3 is 2.67 bits per heavy atom. The third-order valence-electron chi connectivity index (χ3n) is 0.798. The van der Waals surface area contributed by atoms with Gasteiger partial charge in [-0.1, -0.05) is 12.2 Å². The lowest BCUT2D eigenvalue weighted by atomic mass is 10.2. The van der Waals surface area contributed by atoms with E-state index in [1.165, 1.54) is 6.08 Å². The van der Waals surface area contributed by atoms with Gasteiger partial charge >= 0.3 is 5.97 Å². The Bertz CT molecular complexity index is 117. The number of aliphatic hydroxyl groups excluding tert-OH is 1. The SMILES string of the molecule is C/C=C\[C@H](O)CC(=O)O. The molecule has 0 saturated carbocycles. The predicted molar refractivity (Wildman–Crippen MR) is 33.1 cm³/mol. The van der Waals surface area contributed by atoms with Crippen molar-refractivity contribution in [1.29, 1.82) is 0 Å². The molecule has 9 heavy (non-hydrogen) atoms. The zero-order chi connectivity index (χ0) is 7.28. The van der Waals surface area contributed by atoms with Crippen LogP contribution in [0.2, 0.25) is 0 Å². The minimum Gasteiger partial charge on any atom is -0.481 e. The second-order valence-corrected chi connectivity index (χ2v) is 1.69. The molecule has 0 heterocycles. The van der Waals surface area contributed by atoms with Crippen molar-refractivity contribution in [1.82, 2.24) is 0 Å². The molecule has 2 N–H and O–H groups in total. The maximum Gasteiger partial charge on any atom is 0.306 e. The van der Waals surface area contributed by atoms with Crippen LogP contribution in [-0.4, -0.2) is 22.3 Å². The number of carbonyl (C=O) groups is 1. The highest BCUT2D eigenvalue weighted by Crippen LogP contribution is 1.91. The number of carboxylic acid groups (broad SMARTS) is 1. The van der Waals surface area contributed by atoms with Crippen LogP contribution in [-0.2, 0) is 4.79 Å². The molecule has 0 fully saturated rings. The smallest absolute Gasteiger partial charge is 0.306 e. The summed E-state index contributed by atoms with van der Waals surface area (Å²) >= 11 is 0. The maximum atomic E-state index is 9.89. The van der Waals surface area contributed by atoms with Gasteiger partial charge in [0.25, 0.3) is 0 Å². The van der Waals surface area contributed by atoms with Crippen molar-refractivity contribution in [2.24, 2.45) is 0 Å². The van der Waals surface area contributed by atoms with Crippen molar-refractivity contribution in [3.05, 3.63) is 12.2 Å². The van der Waals surface area contributed by atoms with Crippen LogP contribution in [0.3, 0.4) is 0 Å². The molecule has 0 saturated heterocycles. The lowest BCUT2D eigenvalue weighted by molar-refractivity contribution is -0.138.